The van der Waals surface area contributed by atoms with Gasteiger partial charge in [-0.1, -0.05) is 37.6 Å². The number of nitrogens with zero attached hydrogens (tertiary/aromatic N) is 2. The maximum absolute atomic E-state index is 13.7. The van der Waals surface area contributed by atoms with E-state index in [0.29, 0.717) is 29.9 Å². The van der Waals surface area contributed by atoms with E-state index in [-0.39, 0.29) is 11.3 Å². The Kier molecular flexibility index (Phi) is 7.26. The van der Waals surface area contributed by atoms with Crippen LogP contribution in [0.4, 0.5) is 0 Å². The van der Waals surface area contributed by atoms with Crippen molar-refractivity contribution in [1.29, 1.82) is 0 Å². The fourth-order valence-corrected chi connectivity index (χ4v) is 4.69. The molecule has 0 saturated carbocycles. The molecule has 184 valence electrons. The standard InChI is InChI=1S/C28H32N2O5/c1-5-29(6-2)13-8-14-30-25(19-9-7-10-21(16-19)34-4)24(27(32)28(30)33)26(31)23-17-20-15-18(3)11-12-22(20)35-23/h7,9-12,15-17,25,32H,5-6,8,13-14H2,1-4H3. The van der Waals surface area contributed by atoms with Crippen molar-refractivity contribution < 1.29 is 23.8 Å². The van der Waals surface area contributed by atoms with Crippen LogP contribution in [0.1, 0.15) is 48.0 Å². The van der Waals surface area contributed by atoms with Crippen LogP contribution in [-0.2, 0) is 4.79 Å². The number of carbonyl (C=O) groups is 2. The van der Waals surface area contributed by atoms with E-state index in [4.69, 9.17) is 9.15 Å². The van der Waals surface area contributed by atoms with Crippen LogP contribution in [0.25, 0.3) is 11.0 Å². The lowest BCUT2D eigenvalue weighted by Gasteiger charge is -2.28. The number of benzene rings is 2. The summed E-state index contributed by atoms with van der Waals surface area (Å²) in [6, 6.07) is 13.8. The number of hydrogen-bond donors (Lipinski definition) is 1. The third-order valence-corrected chi connectivity index (χ3v) is 6.62. The number of fused-ring (bicyclic) bond motifs is 1. The third-order valence-electron chi connectivity index (χ3n) is 6.62. The number of aliphatic hydroxyl groups is 1. The van der Waals surface area contributed by atoms with E-state index in [2.05, 4.69) is 18.7 Å². The molecule has 1 atom stereocenters. The van der Waals surface area contributed by atoms with Gasteiger partial charge in [0.2, 0.25) is 5.78 Å². The summed E-state index contributed by atoms with van der Waals surface area (Å²) in [4.78, 5) is 30.7. The molecule has 2 aromatic carbocycles. The largest absolute Gasteiger partial charge is 0.503 e. The molecule has 1 aromatic heterocycles. The first kappa shape index (κ1) is 24.5. The molecule has 2 heterocycles. The number of hydrogen-bond acceptors (Lipinski definition) is 6. The fraction of sp³-hybridized carbons (Fsp3) is 0.357. The first-order chi connectivity index (χ1) is 16.9. The summed E-state index contributed by atoms with van der Waals surface area (Å²) in [5, 5.41) is 11.7. The summed E-state index contributed by atoms with van der Waals surface area (Å²) in [6.07, 6.45) is 0.715. The predicted molar refractivity (Wildman–Crippen MR) is 135 cm³/mol. The molecular weight excluding hydrogens is 444 g/mol. The van der Waals surface area contributed by atoms with Crippen LogP contribution in [-0.4, -0.2) is 59.9 Å². The number of methoxy groups -OCH3 is 1. The van der Waals surface area contributed by atoms with Crippen molar-refractivity contribution >= 4 is 22.7 Å². The van der Waals surface area contributed by atoms with Crippen molar-refractivity contribution in [3.8, 4) is 5.75 Å². The molecule has 7 heteroatoms. The summed E-state index contributed by atoms with van der Waals surface area (Å²) in [5.74, 6) is -0.869. The van der Waals surface area contributed by atoms with Gasteiger partial charge in [-0.2, -0.15) is 0 Å². The molecule has 3 aromatic rings. The van der Waals surface area contributed by atoms with Crippen molar-refractivity contribution in [3.63, 3.8) is 0 Å². The van der Waals surface area contributed by atoms with Crippen LogP contribution in [0.2, 0.25) is 0 Å². The number of aryl methyl sites for hydroxylation is 1. The number of carbonyl (C=O) groups excluding carboxylic acids is 2. The number of amides is 1. The number of ketones is 1. The van der Waals surface area contributed by atoms with Gasteiger partial charge in [-0.25, -0.2) is 0 Å². The van der Waals surface area contributed by atoms with E-state index in [9.17, 15) is 14.7 Å². The van der Waals surface area contributed by atoms with Gasteiger partial charge in [-0.3, -0.25) is 9.59 Å². The summed E-state index contributed by atoms with van der Waals surface area (Å²) in [5.41, 5.74) is 2.35. The SMILES string of the molecule is CCN(CC)CCCN1C(=O)C(O)=C(C(=O)c2cc3cc(C)ccc3o2)C1c1cccc(OC)c1. The van der Waals surface area contributed by atoms with E-state index < -0.39 is 23.5 Å². The number of rotatable bonds is 10. The first-order valence-electron chi connectivity index (χ1n) is 12.0. The van der Waals surface area contributed by atoms with Crippen molar-refractivity contribution in [2.75, 3.05) is 33.3 Å². The topological polar surface area (TPSA) is 83.2 Å². The van der Waals surface area contributed by atoms with Gasteiger partial charge in [0.1, 0.15) is 11.3 Å². The zero-order valence-corrected chi connectivity index (χ0v) is 20.7. The van der Waals surface area contributed by atoms with Gasteiger partial charge in [0.25, 0.3) is 5.91 Å². The summed E-state index contributed by atoms with van der Waals surface area (Å²) in [6.45, 7) is 9.22. The smallest absolute Gasteiger partial charge is 0.290 e. The minimum Gasteiger partial charge on any atom is -0.503 e. The molecule has 0 aliphatic carbocycles. The highest BCUT2D eigenvalue weighted by Gasteiger charge is 2.44. The number of aliphatic hydroxyl groups excluding tert-OH is 1. The summed E-state index contributed by atoms with van der Waals surface area (Å²) < 4.78 is 11.2. The Labute approximate surface area is 205 Å². The Morgan fingerprint density at radius 2 is 1.91 bits per heavy atom. The molecule has 4 rings (SSSR count). The normalized spacial score (nSPS) is 16.1. The molecule has 1 N–H and O–H groups in total. The zero-order chi connectivity index (χ0) is 25.1. The molecular formula is C28H32N2O5. The molecule has 0 saturated heterocycles. The Morgan fingerprint density at radius 1 is 1.14 bits per heavy atom. The third kappa shape index (κ3) is 4.82. The van der Waals surface area contributed by atoms with E-state index in [0.717, 1.165) is 30.6 Å². The van der Waals surface area contributed by atoms with Gasteiger partial charge < -0.3 is 24.1 Å². The molecule has 1 unspecified atom stereocenters. The van der Waals surface area contributed by atoms with Crippen molar-refractivity contribution in [2.24, 2.45) is 0 Å². The molecule has 7 nitrogen and oxygen atoms in total. The Morgan fingerprint density at radius 3 is 2.63 bits per heavy atom. The molecule has 0 bridgehead atoms. The van der Waals surface area contributed by atoms with Crippen LogP contribution in [0.15, 0.2) is 64.3 Å². The number of ether oxygens (including phenoxy) is 1. The molecule has 0 fully saturated rings. The maximum Gasteiger partial charge on any atom is 0.290 e. The monoisotopic (exact) mass is 476 g/mol. The van der Waals surface area contributed by atoms with Crippen LogP contribution >= 0.6 is 0 Å². The minimum absolute atomic E-state index is 0.0295. The highest BCUT2D eigenvalue weighted by atomic mass is 16.5. The fourth-order valence-electron chi connectivity index (χ4n) is 4.69. The van der Waals surface area contributed by atoms with Crippen LogP contribution < -0.4 is 4.74 Å². The van der Waals surface area contributed by atoms with Crippen LogP contribution in [0.3, 0.4) is 0 Å². The minimum atomic E-state index is -0.739. The van der Waals surface area contributed by atoms with Crippen molar-refractivity contribution in [1.82, 2.24) is 9.80 Å². The predicted octanol–water partition coefficient (Wildman–Crippen LogP) is 5.06. The Hall–Kier alpha value is -3.58. The van der Waals surface area contributed by atoms with Gasteiger partial charge in [-0.05, 0) is 68.9 Å². The van der Waals surface area contributed by atoms with Crippen molar-refractivity contribution in [2.45, 2.75) is 33.2 Å². The molecule has 1 aliphatic heterocycles. The lowest BCUT2D eigenvalue weighted by Crippen LogP contribution is -2.34. The van der Waals surface area contributed by atoms with E-state index >= 15 is 0 Å². The summed E-state index contributed by atoms with van der Waals surface area (Å²) in [7, 11) is 1.57. The van der Waals surface area contributed by atoms with Gasteiger partial charge in [0.05, 0.1) is 18.7 Å². The van der Waals surface area contributed by atoms with Crippen molar-refractivity contribution in [3.05, 3.63) is 76.8 Å². The lowest BCUT2D eigenvalue weighted by molar-refractivity contribution is -0.129. The van der Waals surface area contributed by atoms with Gasteiger partial charge in [-0.15, -0.1) is 0 Å². The second-order valence-corrected chi connectivity index (χ2v) is 8.80. The van der Waals surface area contributed by atoms with Crippen LogP contribution in [0, 0.1) is 6.92 Å². The van der Waals surface area contributed by atoms with Crippen LogP contribution in [0.5, 0.6) is 5.75 Å². The van der Waals surface area contributed by atoms with E-state index in [1.807, 2.05) is 37.3 Å². The highest BCUT2D eigenvalue weighted by Crippen LogP contribution is 2.40. The second-order valence-electron chi connectivity index (χ2n) is 8.80. The van der Waals surface area contributed by atoms with Gasteiger partial charge >= 0.3 is 0 Å². The first-order valence-corrected chi connectivity index (χ1v) is 12.0. The lowest BCUT2D eigenvalue weighted by atomic mass is 9.94. The highest BCUT2D eigenvalue weighted by molar-refractivity contribution is 6.16. The quantitative estimate of drug-likeness (QED) is 0.412. The average Bonchev–Trinajstić information content (AvgIpc) is 3.40. The van der Waals surface area contributed by atoms with Gasteiger partial charge in [0.15, 0.2) is 11.5 Å². The number of furan rings is 1. The molecule has 0 radical (unpaired) electrons. The molecule has 1 aliphatic rings. The van der Waals surface area contributed by atoms with E-state index in [1.54, 1.807) is 30.2 Å². The second kappa shape index (κ2) is 10.4. The zero-order valence-electron chi connectivity index (χ0n) is 20.7. The summed E-state index contributed by atoms with van der Waals surface area (Å²) >= 11 is 0. The Balaban J connectivity index is 1.72. The average molecular weight is 477 g/mol. The van der Waals surface area contributed by atoms with Gasteiger partial charge in [0, 0.05) is 11.9 Å². The maximum atomic E-state index is 13.7. The molecule has 35 heavy (non-hydrogen) atoms. The van der Waals surface area contributed by atoms with E-state index in [1.165, 1.54) is 0 Å². The molecule has 0 spiro atoms. The molecule has 1 amide bonds. The Bertz CT molecular complexity index is 1270. The number of Topliss-reactive ketones (excluding diaryl/α,β-unsaturated/α-hetero) is 1.